The predicted molar refractivity (Wildman–Crippen MR) is 140 cm³/mol. The van der Waals surface area contributed by atoms with Gasteiger partial charge in [-0.2, -0.15) is 0 Å². The smallest absolute Gasteiger partial charge is 0.341 e. The molecule has 7 nitrogen and oxygen atoms in total. The monoisotopic (exact) mass is 496 g/mol. The minimum absolute atomic E-state index is 0.231. The zero-order valence-electron chi connectivity index (χ0n) is 19.2. The molecule has 5 aromatic rings. The van der Waals surface area contributed by atoms with Crippen LogP contribution in [0.15, 0.2) is 79.1 Å². The number of thiophene rings is 1. The molecule has 0 unspecified atom stereocenters. The zero-order valence-corrected chi connectivity index (χ0v) is 20.0. The Morgan fingerprint density at radius 3 is 2.56 bits per heavy atom. The van der Waals surface area contributed by atoms with Crippen molar-refractivity contribution in [3.8, 4) is 21.9 Å². The number of methoxy groups -OCH3 is 1. The van der Waals surface area contributed by atoms with E-state index in [1.165, 1.54) is 6.08 Å². The highest BCUT2D eigenvalue weighted by Gasteiger charge is 2.16. The Morgan fingerprint density at radius 2 is 1.78 bits per heavy atom. The van der Waals surface area contributed by atoms with Crippen LogP contribution < -0.4 is 9.47 Å². The van der Waals surface area contributed by atoms with E-state index in [0.717, 1.165) is 20.5 Å². The summed E-state index contributed by atoms with van der Waals surface area (Å²) in [6.45, 7) is -0.524. The Bertz CT molecular complexity index is 1610. The highest BCUT2D eigenvalue weighted by molar-refractivity contribution is 7.22. The third-order valence-electron chi connectivity index (χ3n) is 5.54. The average molecular weight is 497 g/mol. The second-order valence-electron chi connectivity index (χ2n) is 7.88. The SMILES string of the molecule is COc1cc(OCC(=O)O)c(/C=C/C(=O)c2ccc3nccnc3c2)cc1-c1cc2ccccc2s1. The summed E-state index contributed by atoms with van der Waals surface area (Å²) in [5.41, 5.74) is 3.16. The second kappa shape index (κ2) is 9.97. The summed E-state index contributed by atoms with van der Waals surface area (Å²) in [6.07, 6.45) is 6.23. The number of rotatable bonds is 8. The maximum absolute atomic E-state index is 12.9. The predicted octanol–water partition coefficient (Wildman–Crippen LogP) is 5.88. The Morgan fingerprint density at radius 1 is 0.972 bits per heavy atom. The number of aliphatic carboxylic acids is 1. The molecule has 0 spiro atoms. The maximum atomic E-state index is 12.9. The molecule has 0 saturated carbocycles. The topological polar surface area (TPSA) is 98.6 Å². The van der Waals surface area contributed by atoms with Crippen LogP contribution in [0.25, 0.3) is 37.6 Å². The summed E-state index contributed by atoms with van der Waals surface area (Å²) in [7, 11) is 1.55. The van der Waals surface area contributed by atoms with Crippen molar-refractivity contribution in [2.75, 3.05) is 13.7 Å². The van der Waals surface area contributed by atoms with Gasteiger partial charge in [0.1, 0.15) is 11.5 Å². The molecule has 1 N–H and O–H groups in total. The fraction of sp³-hybridized carbons (Fsp3) is 0.0714. The van der Waals surface area contributed by atoms with Gasteiger partial charge in [-0.15, -0.1) is 11.3 Å². The number of hydrogen-bond donors (Lipinski definition) is 1. The molecule has 36 heavy (non-hydrogen) atoms. The second-order valence-corrected chi connectivity index (χ2v) is 8.96. The van der Waals surface area contributed by atoms with E-state index in [2.05, 4.69) is 16.0 Å². The van der Waals surface area contributed by atoms with E-state index in [1.807, 2.05) is 30.3 Å². The van der Waals surface area contributed by atoms with Crippen LogP contribution in [-0.4, -0.2) is 40.5 Å². The number of hydrogen-bond acceptors (Lipinski definition) is 7. The molecule has 178 valence electrons. The first-order valence-corrected chi connectivity index (χ1v) is 11.8. The Kier molecular flexibility index (Phi) is 6.42. The van der Waals surface area contributed by atoms with Crippen LogP contribution in [-0.2, 0) is 4.79 Å². The molecule has 0 fully saturated rings. The molecule has 2 heterocycles. The van der Waals surface area contributed by atoms with Gasteiger partial charge in [0.2, 0.25) is 0 Å². The van der Waals surface area contributed by atoms with E-state index in [9.17, 15) is 9.59 Å². The van der Waals surface area contributed by atoms with Crippen LogP contribution in [0.2, 0.25) is 0 Å². The number of ether oxygens (including phenoxy) is 2. The molecule has 0 aliphatic carbocycles. The summed E-state index contributed by atoms with van der Waals surface area (Å²) in [4.78, 5) is 33.5. The van der Waals surface area contributed by atoms with E-state index < -0.39 is 12.6 Å². The largest absolute Gasteiger partial charge is 0.496 e. The van der Waals surface area contributed by atoms with Gasteiger partial charge in [-0.25, -0.2) is 4.79 Å². The van der Waals surface area contributed by atoms with Gasteiger partial charge < -0.3 is 14.6 Å². The van der Waals surface area contributed by atoms with Crippen molar-refractivity contribution >= 4 is 50.3 Å². The van der Waals surface area contributed by atoms with Gasteiger partial charge in [0.15, 0.2) is 12.4 Å². The molecule has 0 aliphatic rings. The van der Waals surface area contributed by atoms with Crippen molar-refractivity contribution in [1.29, 1.82) is 0 Å². The van der Waals surface area contributed by atoms with Gasteiger partial charge in [0.05, 0.1) is 18.1 Å². The quantitative estimate of drug-likeness (QED) is 0.212. The van der Waals surface area contributed by atoms with Gasteiger partial charge in [-0.1, -0.05) is 18.2 Å². The Hall–Kier alpha value is -4.56. The van der Waals surface area contributed by atoms with E-state index in [0.29, 0.717) is 33.7 Å². The van der Waals surface area contributed by atoms with Gasteiger partial charge in [-0.05, 0) is 53.9 Å². The van der Waals surface area contributed by atoms with Crippen molar-refractivity contribution in [3.63, 3.8) is 0 Å². The molecular formula is C28H20N2O5S. The third-order valence-corrected chi connectivity index (χ3v) is 6.69. The van der Waals surface area contributed by atoms with Crippen LogP contribution in [0.3, 0.4) is 0 Å². The number of benzene rings is 3. The number of carbonyl (C=O) groups excluding carboxylic acids is 1. The first kappa shape index (κ1) is 23.2. The lowest BCUT2D eigenvalue weighted by Gasteiger charge is -2.13. The highest BCUT2D eigenvalue weighted by Crippen LogP contribution is 2.41. The summed E-state index contributed by atoms with van der Waals surface area (Å²) >= 11 is 1.62. The van der Waals surface area contributed by atoms with E-state index in [1.54, 1.807) is 61.2 Å². The third kappa shape index (κ3) is 4.80. The average Bonchev–Trinajstić information content (AvgIpc) is 3.34. The van der Waals surface area contributed by atoms with Crippen LogP contribution in [0.5, 0.6) is 11.5 Å². The molecule has 0 amide bonds. The number of allylic oxidation sites excluding steroid dienone is 1. The van der Waals surface area contributed by atoms with Gasteiger partial charge in [0, 0.05) is 44.7 Å². The maximum Gasteiger partial charge on any atom is 0.341 e. The molecule has 0 radical (unpaired) electrons. The minimum atomic E-state index is -1.11. The van der Waals surface area contributed by atoms with Crippen LogP contribution >= 0.6 is 11.3 Å². The van der Waals surface area contributed by atoms with Crippen LogP contribution in [0.1, 0.15) is 15.9 Å². The van der Waals surface area contributed by atoms with Gasteiger partial charge in [-0.3, -0.25) is 14.8 Å². The number of carboxylic acids is 1. The first-order chi connectivity index (χ1) is 17.5. The first-order valence-electron chi connectivity index (χ1n) is 11.0. The summed E-state index contributed by atoms with van der Waals surface area (Å²) in [5, 5.41) is 10.2. The van der Waals surface area contributed by atoms with E-state index in [-0.39, 0.29) is 5.78 Å². The normalized spacial score (nSPS) is 11.2. The number of fused-ring (bicyclic) bond motifs is 2. The number of carboxylic acid groups (broad SMARTS) is 1. The number of aromatic nitrogens is 2. The van der Waals surface area contributed by atoms with E-state index in [4.69, 9.17) is 14.6 Å². The van der Waals surface area contributed by atoms with Crippen molar-refractivity contribution < 1.29 is 24.2 Å². The molecule has 5 rings (SSSR count). The molecular weight excluding hydrogens is 476 g/mol. The van der Waals surface area contributed by atoms with Crippen molar-refractivity contribution in [1.82, 2.24) is 9.97 Å². The van der Waals surface area contributed by atoms with E-state index >= 15 is 0 Å². The summed E-state index contributed by atoms with van der Waals surface area (Å²) < 4.78 is 12.3. The fourth-order valence-corrected chi connectivity index (χ4v) is 4.91. The molecule has 0 aliphatic heterocycles. The summed E-state index contributed by atoms with van der Waals surface area (Å²) in [6, 6.07) is 18.8. The van der Waals surface area contributed by atoms with Crippen molar-refractivity contribution in [3.05, 3.63) is 90.3 Å². The lowest BCUT2D eigenvalue weighted by Crippen LogP contribution is -2.10. The lowest BCUT2D eigenvalue weighted by atomic mass is 10.0. The number of nitrogens with zero attached hydrogens (tertiary/aromatic N) is 2. The molecule has 2 aromatic heterocycles. The zero-order chi connectivity index (χ0) is 25.1. The molecule has 0 saturated heterocycles. The number of carbonyl (C=O) groups is 2. The lowest BCUT2D eigenvalue weighted by molar-refractivity contribution is -0.139. The molecule has 0 bridgehead atoms. The number of ketones is 1. The Balaban J connectivity index is 1.55. The minimum Gasteiger partial charge on any atom is -0.496 e. The molecule has 3 aromatic carbocycles. The van der Waals surface area contributed by atoms with Gasteiger partial charge in [0.25, 0.3) is 0 Å². The Labute approximate surface area is 210 Å². The highest BCUT2D eigenvalue weighted by atomic mass is 32.1. The molecule has 0 atom stereocenters. The fourth-order valence-electron chi connectivity index (χ4n) is 3.83. The van der Waals surface area contributed by atoms with Gasteiger partial charge >= 0.3 is 5.97 Å². The standard InChI is InChI=1S/C28H20N2O5S/c1-34-25-15-24(35-16-28(32)33)18(12-20(25)27-14-19-4-2-3-5-26(19)36-27)7-9-23(31)17-6-8-21-22(13-17)30-11-10-29-21/h2-15H,16H2,1H3,(H,32,33)/b9-7+. The summed E-state index contributed by atoms with van der Waals surface area (Å²) in [5.74, 6) is -0.497. The van der Waals surface area contributed by atoms with Crippen molar-refractivity contribution in [2.24, 2.45) is 0 Å². The van der Waals surface area contributed by atoms with Crippen LogP contribution in [0.4, 0.5) is 0 Å². The molecule has 8 heteroatoms. The van der Waals surface area contributed by atoms with Crippen molar-refractivity contribution in [2.45, 2.75) is 0 Å². The van der Waals surface area contributed by atoms with Crippen LogP contribution in [0, 0.1) is 0 Å².